The van der Waals surface area contributed by atoms with Crippen LogP contribution in [0.3, 0.4) is 0 Å². The number of nitrogens with zero attached hydrogens (tertiary/aromatic N) is 1. The van der Waals surface area contributed by atoms with Gasteiger partial charge in [-0.1, -0.05) is 0 Å². The first-order chi connectivity index (χ1) is 11.0. The second kappa shape index (κ2) is 7.68. The lowest BCUT2D eigenvalue weighted by Gasteiger charge is -2.23. The van der Waals surface area contributed by atoms with Crippen LogP contribution in [0.5, 0.6) is 11.5 Å². The molecule has 1 heterocycles. The van der Waals surface area contributed by atoms with E-state index in [-0.39, 0.29) is 17.9 Å². The molecule has 0 radical (unpaired) electrons. The molecule has 2 amide bonds. The summed E-state index contributed by atoms with van der Waals surface area (Å²) in [5.74, 6) is 0.730. The lowest BCUT2D eigenvalue weighted by Crippen LogP contribution is -2.41. The highest BCUT2D eigenvalue weighted by Crippen LogP contribution is 2.35. The van der Waals surface area contributed by atoms with E-state index in [0.29, 0.717) is 41.0 Å². The first-order valence-electron chi connectivity index (χ1n) is 7.51. The quantitative estimate of drug-likeness (QED) is 0.816. The first kappa shape index (κ1) is 17.6. The predicted molar refractivity (Wildman–Crippen MR) is 90.0 cm³/mol. The fraction of sp³-hybridized carbons (Fsp3) is 0.500. The summed E-state index contributed by atoms with van der Waals surface area (Å²) in [4.78, 5) is 26.1. The number of methoxy groups -OCH3 is 2. The smallest absolute Gasteiger partial charge is 0.258 e. The molecule has 126 valence electrons. The first-order valence-corrected chi connectivity index (χ1v) is 8.30. The molecule has 6 nitrogen and oxygen atoms in total. The van der Waals surface area contributed by atoms with Gasteiger partial charge < -0.3 is 19.7 Å². The van der Waals surface area contributed by atoms with Gasteiger partial charge in [-0.15, -0.1) is 0 Å². The summed E-state index contributed by atoms with van der Waals surface area (Å²) >= 11 is 3.37. The van der Waals surface area contributed by atoms with Gasteiger partial charge in [0, 0.05) is 25.6 Å². The minimum Gasteiger partial charge on any atom is -0.496 e. The monoisotopic (exact) mass is 384 g/mol. The van der Waals surface area contributed by atoms with Gasteiger partial charge in [0.15, 0.2) is 0 Å². The van der Waals surface area contributed by atoms with Gasteiger partial charge in [-0.2, -0.15) is 0 Å². The van der Waals surface area contributed by atoms with E-state index in [0.717, 1.165) is 6.42 Å². The number of carbonyl (C=O) groups excluding carboxylic acids is 2. The molecule has 1 aromatic carbocycles. The normalized spacial score (nSPS) is 17.3. The zero-order chi connectivity index (χ0) is 17.0. The molecule has 7 heteroatoms. The van der Waals surface area contributed by atoms with Crippen LogP contribution in [0.25, 0.3) is 0 Å². The Morgan fingerprint density at radius 1 is 1.39 bits per heavy atom. The summed E-state index contributed by atoms with van der Waals surface area (Å²) in [6, 6.07) is 3.52. The predicted octanol–water partition coefficient (Wildman–Crippen LogP) is 2.21. The number of carbonyl (C=O) groups is 2. The Hall–Kier alpha value is -1.76. The van der Waals surface area contributed by atoms with Crippen molar-refractivity contribution in [3.05, 3.63) is 22.2 Å². The number of rotatable bonds is 6. The lowest BCUT2D eigenvalue weighted by atomic mass is 10.1. The Balaban J connectivity index is 2.15. The molecule has 1 aliphatic heterocycles. The number of hydrogen-bond donors (Lipinski definition) is 1. The number of hydrogen-bond acceptors (Lipinski definition) is 4. The zero-order valence-corrected chi connectivity index (χ0v) is 15.1. The molecule has 2 rings (SSSR count). The van der Waals surface area contributed by atoms with Crippen molar-refractivity contribution in [1.82, 2.24) is 10.2 Å². The second-order valence-corrected chi connectivity index (χ2v) is 6.09. The summed E-state index contributed by atoms with van der Waals surface area (Å²) in [5.41, 5.74) is 0.344. The molecule has 1 atom stereocenters. The maximum atomic E-state index is 12.6. The maximum Gasteiger partial charge on any atom is 0.258 e. The fourth-order valence-electron chi connectivity index (χ4n) is 2.86. The summed E-state index contributed by atoms with van der Waals surface area (Å²) in [6.07, 6.45) is 1.30. The Bertz CT molecular complexity index is 606. The molecule has 23 heavy (non-hydrogen) atoms. The van der Waals surface area contributed by atoms with Crippen LogP contribution in [-0.4, -0.2) is 50.1 Å². The van der Waals surface area contributed by atoms with Crippen molar-refractivity contribution in [1.29, 1.82) is 0 Å². The Labute approximate surface area is 144 Å². The summed E-state index contributed by atoms with van der Waals surface area (Å²) < 4.78 is 11.3. The average Bonchev–Trinajstić information content (AvgIpc) is 2.92. The third-order valence-corrected chi connectivity index (χ3v) is 4.64. The molecule has 0 saturated carbocycles. The van der Waals surface area contributed by atoms with E-state index in [1.807, 2.05) is 6.92 Å². The van der Waals surface area contributed by atoms with Crippen molar-refractivity contribution in [3.63, 3.8) is 0 Å². The number of halogens is 1. The van der Waals surface area contributed by atoms with Gasteiger partial charge in [-0.25, -0.2) is 0 Å². The lowest BCUT2D eigenvalue weighted by molar-refractivity contribution is -0.128. The molecule has 0 unspecified atom stereocenters. The summed E-state index contributed by atoms with van der Waals surface area (Å²) in [7, 11) is 3.01. The standard InChI is InChI=1S/C16H21BrN2O4/c1-4-19-10(5-8-13(19)20)9-18-16(21)14-12(22-2)7-6-11(17)15(14)23-3/h6-7,10H,4-5,8-9H2,1-3H3,(H,18,21)/t10-/m0/s1. The van der Waals surface area contributed by atoms with E-state index in [1.54, 1.807) is 17.0 Å². The third kappa shape index (κ3) is 3.60. The summed E-state index contributed by atoms with van der Waals surface area (Å²) in [5, 5.41) is 2.89. The number of nitrogens with one attached hydrogen (secondary N) is 1. The van der Waals surface area contributed by atoms with Gasteiger partial charge in [-0.05, 0) is 41.4 Å². The van der Waals surface area contributed by atoms with Crippen molar-refractivity contribution in [2.45, 2.75) is 25.8 Å². The largest absolute Gasteiger partial charge is 0.496 e. The molecule has 0 aromatic heterocycles. The van der Waals surface area contributed by atoms with Gasteiger partial charge >= 0.3 is 0 Å². The molecule has 0 bridgehead atoms. The molecular formula is C16H21BrN2O4. The highest BCUT2D eigenvalue weighted by molar-refractivity contribution is 9.10. The van der Waals surface area contributed by atoms with E-state index in [1.165, 1.54) is 14.2 Å². The minimum atomic E-state index is -0.282. The number of amides is 2. The highest BCUT2D eigenvalue weighted by Gasteiger charge is 2.30. The summed E-state index contributed by atoms with van der Waals surface area (Å²) in [6.45, 7) is 3.01. The van der Waals surface area contributed by atoms with Crippen LogP contribution in [0.15, 0.2) is 16.6 Å². The van der Waals surface area contributed by atoms with Gasteiger partial charge in [0.1, 0.15) is 17.1 Å². The molecule has 1 aromatic rings. The van der Waals surface area contributed by atoms with E-state index in [4.69, 9.17) is 9.47 Å². The fourth-order valence-corrected chi connectivity index (χ4v) is 3.36. The van der Waals surface area contributed by atoms with E-state index in [2.05, 4.69) is 21.2 Å². The maximum absolute atomic E-state index is 12.6. The van der Waals surface area contributed by atoms with Crippen molar-refractivity contribution >= 4 is 27.7 Å². The number of likely N-dealkylation sites (N-methyl/N-ethyl adjacent to an activating group) is 1. The molecule has 1 saturated heterocycles. The van der Waals surface area contributed by atoms with Crippen molar-refractivity contribution in [3.8, 4) is 11.5 Å². The molecule has 1 N–H and O–H groups in total. The minimum absolute atomic E-state index is 0.0422. The second-order valence-electron chi connectivity index (χ2n) is 5.24. The average molecular weight is 385 g/mol. The number of ether oxygens (including phenoxy) is 2. The van der Waals surface area contributed by atoms with Gasteiger partial charge in [0.25, 0.3) is 5.91 Å². The van der Waals surface area contributed by atoms with Crippen molar-refractivity contribution in [2.24, 2.45) is 0 Å². The topological polar surface area (TPSA) is 67.9 Å². The van der Waals surface area contributed by atoms with E-state index in [9.17, 15) is 9.59 Å². The van der Waals surface area contributed by atoms with E-state index >= 15 is 0 Å². The Morgan fingerprint density at radius 2 is 2.13 bits per heavy atom. The van der Waals surface area contributed by atoms with Gasteiger partial charge in [-0.3, -0.25) is 9.59 Å². The van der Waals surface area contributed by atoms with Crippen LogP contribution in [0, 0.1) is 0 Å². The van der Waals surface area contributed by atoms with Crippen LogP contribution in [0.4, 0.5) is 0 Å². The number of likely N-dealkylation sites (tertiary alicyclic amines) is 1. The van der Waals surface area contributed by atoms with Gasteiger partial charge in [0.2, 0.25) is 5.91 Å². The van der Waals surface area contributed by atoms with Crippen LogP contribution in [0.2, 0.25) is 0 Å². The molecule has 0 spiro atoms. The Morgan fingerprint density at radius 3 is 2.74 bits per heavy atom. The molecule has 1 aliphatic rings. The van der Waals surface area contributed by atoms with Crippen LogP contribution < -0.4 is 14.8 Å². The molecule has 1 fully saturated rings. The van der Waals surface area contributed by atoms with Crippen LogP contribution in [0.1, 0.15) is 30.1 Å². The van der Waals surface area contributed by atoms with Crippen molar-refractivity contribution < 1.29 is 19.1 Å². The third-order valence-electron chi connectivity index (χ3n) is 4.01. The van der Waals surface area contributed by atoms with Crippen LogP contribution >= 0.6 is 15.9 Å². The molecular weight excluding hydrogens is 364 g/mol. The van der Waals surface area contributed by atoms with Crippen molar-refractivity contribution in [2.75, 3.05) is 27.3 Å². The number of benzene rings is 1. The van der Waals surface area contributed by atoms with E-state index < -0.39 is 0 Å². The van der Waals surface area contributed by atoms with Crippen LogP contribution in [-0.2, 0) is 4.79 Å². The zero-order valence-electron chi connectivity index (χ0n) is 13.5. The highest BCUT2D eigenvalue weighted by atomic mass is 79.9. The van der Waals surface area contributed by atoms with Gasteiger partial charge in [0.05, 0.1) is 18.7 Å². The Kier molecular flexibility index (Phi) is 5.87. The molecule has 0 aliphatic carbocycles. The SMILES string of the molecule is CCN1C(=O)CC[C@H]1CNC(=O)c1c(OC)ccc(Br)c1OC.